The second kappa shape index (κ2) is 4.42. The van der Waals surface area contributed by atoms with Crippen molar-refractivity contribution in [3.8, 4) is 0 Å². The number of nitrogens with one attached hydrogen (secondary N) is 1. The minimum atomic E-state index is -0.405. The van der Waals surface area contributed by atoms with E-state index < -0.39 is 5.38 Å². The van der Waals surface area contributed by atoms with Crippen LogP contribution in [0.15, 0.2) is 48.5 Å². The standard InChI is InChI=1S/C14H10ClFN2/c15-12(9-5-2-1-3-6-9)14-17-11-8-4-7-10(16)13(11)18-14/h1-8,12H,(H,17,18). The van der Waals surface area contributed by atoms with Gasteiger partial charge in [-0.25, -0.2) is 9.37 Å². The number of hydrogen-bond donors (Lipinski definition) is 1. The summed E-state index contributed by atoms with van der Waals surface area (Å²) in [5, 5.41) is -0.405. The van der Waals surface area contributed by atoms with Crippen LogP contribution in [0.25, 0.3) is 11.0 Å². The van der Waals surface area contributed by atoms with Gasteiger partial charge in [0.05, 0.1) is 5.52 Å². The number of hydrogen-bond acceptors (Lipinski definition) is 1. The zero-order valence-electron chi connectivity index (χ0n) is 9.40. The van der Waals surface area contributed by atoms with Gasteiger partial charge in [-0.3, -0.25) is 0 Å². The number of para-hydroxylation sites is 1. The lowest BCUT2D eigenvalue weighted by atomic mass is 10.1. The number of rotatable bonds is 2. The average Bonchev–Trinajstić information content (AvgIpc) is 2.84. The van der Waals surface area contributed by atoms with Crippen LogP contribution in [0.1, 0.15) is 16.8 Å². The third-order valence-electron chi connectivity index (χ3n) is 2.81. The minimum Gasteiger partial charge on any atom is -0.340 e. The Kier molecular flexibility index (Phi) is 2.76. The smallest absolute Gasteiger partial charge is 0.151 e. The summed E-state index contributed by atoms with van der Waals surface area (Å²) in [6.45, 7) is 0. The third kappa shape index (κ3) is 1.87. The lowest BCUT2D eigenvalue weighted by Crippen LogP contribution is -1.95. The quantitative estimate of drug-likeness (QED) is 0.693. The number of halogens is 2. The summed E-state index contributed by atoms with van der Waals surface area (Å²) in [5.74, 6) is 0.217. The molecule has 2 nitrogen and oxygen atoms in total. The molecule has 0 radical (unpaired) electrons. The number of alkyl halides is 1. The highest BCUT2D eigenvalue weighted by Gasteiger charge is 2.16. The van der Waals surface area contributed by atoms with Crippen molar-refractivity contribution in [2.75, 3.05) is 0 Å². The molecular formula is C14H10ClFN2. The number of fused-ring (bicyclic) bond motifs is 1. The zero-order valence-corrected chi connectivity index (χ0v) is 10.2. The first kappa shape index (κ1) is 11.2. The molecule has 1 atom stereocenters. The van der Waals surface area contributed by atoms with E-state index in [9.17, 15) is 4.39 Å². The summed E-state index contributed by atoms with van der Waals surface area (Å²) in [5.41, 5.74) is 1.92. The van der Waals surface area contributed by atoms with Crippen LogP contribution in [0.4, 0.5) is 4.39 Å². The largest absolute Gasteiger partial charge is 0.340 e. The van der Waals surface area contributed by atoms with Crippen LogP contribution < -0.4 is 0 Å². The second-order valence-corrected chi connectivity index (χ2v) is 4.47. The fourth-order valence-electron chi connectivity index (χ4n) is 1.92. The molecule has 3 aromatic rings. The Balaban J connectivity index is 2.07. The van der Waals surface area contributed by atoms with Crippen molar-refractivity contribution in [2.24, 2.45) is 0 Å². The van der Waals surface area contributed by atoms with Crippen LogP contribution in [0.2, 0.25) is 0 Å². The van der Waals surface area contributed by atoms with Gasteiger partial charge in [-0.15, -0.1) is 11.6 Å². The fraction of sp³-hybridized carbons (Fsp3) is 0.0714. The van der Waals surface area contributed by atoms with E-state index in [0.29, 0.717) is 16.9 Å². The Labute approximate surface area is 108 Å². The van der Waals surface area contributed by atoms with Gasteiger partial charge < -0.3 is 4.98 Å². The number of imidazole rings is 1. The first-order chi connectivity index (χ1) is 8.75. The van der Waals surface area contributed by atoms with E-state index in [1.165, 1.54) is 6.07 Å². The summed E-state index contributed by atoms with van der Waals surface area (Å²) in [4.78, 5) is 7.28. The summed E-state index contributed by atoms with van der Waals surface area (Å²) in [6.07, 6.45) is 0. The van der Waals surface area contributed by atoms with Crippen LogP contribution in [0.5, 0.6) is 0 Å². The predicted octanol–water partition coefficient (Wildman–Crippen LogP) is 4.03. The molecule has 90 valence electrons. The fourth-order valence-corrected chi connectivity index (χ4v) is 2.16. The molecule has 0 fully saturated rings. The highest BCUT2D eigenvalue weighted by Crippen LogP contribution is 2.28. The molecule has 0 aliphatic rings. The molecule has 0 saturated heterocycles. The van der Waals surface area contributed by atoms with Crippen LogP contribution >= 0.6 is 11.6 Å². The molecule has 1 heterocycles. The maximum atomic E-state index is 13.5. The van der Waals surface area contributed by atoms with E-state index in [0.717, 1.165) is 5.56 Å². The average molecular weight is 261 g/mol. The van der Waals surface area contributed by atoms with Crippen molar-refractivity contribution in [1.29, 1.82) is 0 Å². The van der Waals surface area contributed by atoms with Gasteiger partial charge in [-0.2, -0.15) is 0 Å². The monoisotopic (exact) mass is 260 g/mol. The number of nitrogens with zero attached hydrogens (tertiary/aromatic N) is 1. The molecule has 0 spiro atoms. The maximum Gasteiger partial charge on any atom is 0.151 e. The molecule has 1 aromatic heterocycles. The molecule has 2 aromatic carbocycles. The Bertz CT molecular complexity index is 679. The molecule has 0 aliphatic carbocycles. The highest BCUT2D eigenvalue weighted by atomic mass is 35.5. The lowest BCUT2D eigenvalue weighted by molar-refractivity contribution is 0.637. The summed E-state index contributed by atoms with van der Waals surface area (Å²) in [7, 11) is 0. The van der Waals surface area contributed by atoms with Gasteiger partial charge in [0.15, 0.2) is 5.82 Å². The number of H-pyrrole nitrogens is 1. The van der Waals surface area contributed by atoms with E-state index in [1.54, 1.807) is 12.1 Å². The molecular weight excluding hydrogens is 251 g/mol. The van der Waals surface area contributed by atoms with Crippen molar-refractivity contribution in [3.05, 3.63) is 65.7 Å². The normalized spacial score (nSPS) is 12.8. The molecule has 0 saturated carbocycles. The van der Waals surface area contributed by atoms with Crippen LogP contribution in [0.3, 0.4) is 0 Å². The zero-order chi connectivity index (χ0) is 12.5. The molecule has 1 unspecified atom stereocenters. The van der Waals surface area contributed by atoms with Crippen LogP contribution in [-0.4, -0.2) is 9.97 Å². The Morgan fingerprint density at radius 2 is 1.83 bits per heavy atom. The molecule has 0 aliphatic heterocycles. The van der Waals surface area contributed by atoms with E-state index in [1.807, 2.05) is 30.3 Å². The van der Waals surface area contributed by atoms with Crippen molar-refractivity contribution in [2.45, 2.75) is 5.38 Å². The van der Waals surface area contributed by atoms with Gasteiger partial charge in [-0.1, -0.05) is 36.4 Å². The minimum absolute atomic E-state index is 0.328. The topological polar surface area (TPSA) is 28.7 Å². The Morgan fingerprint density at radius 1 is 1.06 bits per heavy atom. The van der Waals surface area contributed by atoms with Gasteiger partial charge in [0.25, 0.3) is 0 Å². The van der Waals surface area contributed by atoms with Crippen molar-refractivity contribution >= 4 is 22.6 Å². The van der Waals surface area contributed by atoms with Crippen LogP contribution in [-0.2, 0) is 0 Å². The second-order valence-electron chi connectivity index (χ2n) is 4.03. The third-order valence-corrected chi connectivity index (χ3v) is 3.27. The van der Waals surface area contributed by atoms with E-state index in [-0.39, 0.29) is 5.82 Å². The predicted molar refractivity (Wildman–Crippen MR) is 70.2 cm³/mol. The van der Waals surface area contributed by atoms with Crippen LogP contribution in [0, 0.1) is 5.82 Å². The van der Waals surface area contributed by atoms with Gasteiger partial charge >= 0.3 is 0 Å². The van der Waals surface area contributed by atoms with Gasteiger partial charge in [0.1, 0.15) is 16.7 Å². The molecule has 0 amide bonds. The molecule has 18 heavy (non-hydrogen) atoms. The van der Waals surface area contributed by atoms with Crippen molar-refractivity contribution < 1.29 is 4.39 Å². The first-order valence-electron chi connectivity index (χ1n) is 5.59. The van der Waals surface area contributed by atoms with Gasteiger partial charge in [0.2, 0.25) is 0 Å². The maximum absolute atomic E-state index is 13.5. The number of aromatic nitrogens is 2. The number of benzene rings is 2. The first-order valence-corrected chi connectivity index (χ1v) is 6.02. The Hall–Kier alpha value is -1.87. The summed E-state index contributed by atoms with van der Waals surface area (Å²) >= 11 is 6.34. The van der Waals surface area contributed by atoms with Crippen molar-refractivity contribution in [1.82, 2.24) is 9.97 Å². The highest BCUT2D eigenvalue weighted by molar-refractivity contribution is 6.22. The van der Waals surface area contributed by atoms with Gasteiger partial charge in [0, 0.05) is 0 Å². The van der Waals surface area contributed by atoms with Gasteiger partial charge in [-0.05, 0) is 17.7 Å². The number of aromatic amines is 1. The summed E-state index contributed by atoms with van der Waals surface area (Å²) in [6, 6.07) is 14.4. The summed E-state index contributed by atoms with van der Waals surface area (Å²) < 4.78 is 13.5. The molecule has 3 rings (SSSR count). The molecule has 0 bridgehead atoms. The lowest BCUT2D eigenvalue weighted by Gasteiger charge is -2.05. The van der Waals surface area contributed by atoms with E-state index in [4.69, 9.17) is 11.6 Å². The van der Waals surface area contributed by atoms with E-state index in [2.05, 4.69) is 9.97 Å². The van der Waals surface area contributed by atoms with E-state index >= 15 is 0 Å². The van der Waals surface area contributed by atoms with Crippen molar-refractivity contribution in [3.63, 3.8) is 0 Å². The SMILES string of the molecule is Fc1cccc2[nH]c(C(Cl)c3ccccc3)nc12. The molecule has 4 heteroatoms. The molecule has 1 N–H and O–H groups in total. The Morgan fingerprint density at radius 3 is 2.56 bits per heavy atom.